The average molecular weight is 298 g/mol. The van der Waals surface area contributed by atoms with Gasteiger partial charge >= 0.3 is 12.0 Å². The number of hydrogen-bond donors (Lipinski definition) is 3. The molecule has 114 valence electrons. The number of amides is 2. The molecule has 1 saturated heterocycles. The molecule has 0 radical (unpaired) electrons. The quantitative estimate of drug-likeness (QED) is 0.772. The first-order valence-corrected chi connectivity index (χ1v) is 6.23. The van der Waals surface area contributed by atoms with Crippen LogP contribution in [-0.2, 0) is 9.53 Å². The number of rotatable bonds is 4. The molecule has 0 saturated carbocycles. The number of methoxy groups -OCH3 is 1. The zero-order valence-electron chi connectivity index (χ0n) is 11.3. The van der Waals surface area contributed by atoms with Crippen molar-refractivity contribution in [2.45, 2.75) is 6.04 Å². The van der Waals surface area contributed by atoms with Crippen molar-refractivity contribution in [2.75, 3.05) is 25.6 Å². The summed E-state index contributed by atoms with van der Waals surface area (Å²) < 4.78 is 23.3. The standard InChI is InChI=1S/C13H15FN2O5/c1-20-11-3-2-7(4-9(11)14)15-13(19)16-10-6-21-5-8(10)12(17)18/h2-4,8,10H,5-6H2,1H3,(H,17,18)(H2,15,16,19). The van der Waals surface area contributed by atoms with E-state index in [2.05, 4.69) is 10.6 Å². The third-order valence-corrected chi connectivity index (χ3v) is 3.12. The van der Waals surface area contributed by atoms with Crippen molar-refractivity contribution in [3.05, 3.63) is 24.0 Å². The summed E-state index contributed by atoms with van der Waals surface area (Å²) in [6.07, 6.45) is 0. The Morgan fingerprint density at radius 2 is 2.19 bits per heavy atom. The first-order valence-electron chi connectivity index (χ1n) is 6.23. The SMILES string of the molecule is COc1ccc(NC(=O)NC2COCC2C(=O)O)cc1F. The van der Waals surface area contributed by atoms with Crippen molar-refractivity contribution in [1.29, 1.82) is 0 Å². The van der Waals surface area contributed by atoms with E-state index in [0.717, 1.165) is 6.07 Å². The van der Waals surface area contributed by atoms with Gasteiger partial charge in [0.1, 0.15) is 5.92 Å². The maximum absolute atomic E-state index is 13.5. The van der Waals surface area contributed by atoms with E-state index >= 15 is 0 Å². The molecule has 0 aromatic heterocycles. The van der Waals surface area contributed by atoms with Crippen LogP contribution in [0, 0.1) is 11.7 Å². The van der Waals surface area contributed by atoms with Crippen LogP contribution in [0.3, 0.4) is 0 Å². The molecule has 0 aliphatic carbocycles. The number of carboxylic acids is 1. The van der Waals surface area contributed by atoms with Gasteiger partial charge in [0.05, 0.1) is 26.4 Å². The molecule has 1 aliphatic rings. The molecule has 21 heavy (non-hydrogen) atoms. The molecular weight excluding hydrogens is 283 g/mol. The van der Waals surface area contributed by atoms with Crippen LogP contribution < -0.4 is 15.4 Å². The minimum absolute atomic E-state index is 0.0530. The van der Waals surface area contributed by atoms with E-state index in [1.165, 1.54) is 19.2 Å². The number of nitrogens with one attached hydrogen (secondary N) is 2. The van der Waals surface area contributed by atoms with Crippen LogP contribution in [0.2, 0.25) is 0 Å². The fourth-order valence-corrected chi connectivity index (χ4v) is 2.02. The highest BCUT2D eigenvalue weighted by Crippen LogP contribution is 2.20. The van der Waals surface area contributed by atoms with E-state index in [0.29, 0.717) is 0 Å². The topological polar surface area (TPSA) is 96.9 Å². The lowest BCUT2D eigenvalue weighted by Gasteiger charge is -2.16. The van der Waals surface area contributed by atoms with Crippen molar-refractivity contribution < 1.29 is 28.6 Å². The second kappa shape index (κ2) is 6.40. The lowest BCUT2D eigenvalue weighted by molar-refractivity contribution is -0.142. The van der Waals surface area contributed by atoms with Gasteiger partial charge in [-0.2, -0.15) is 0 Å². The molecule has 2 unspecified atom stereocenters. The summed E-state index contributed by atoms with van der Waals surface area (Å²) in [6, 6.07) is 2.72. The Morgan fingerprint density at radius 1 is 1.43 bits per heavy atom. The van der Waals surface area contributed by atoms with Gasteiger partial charge in [-0.25, -0.2) is 9.18 Å². The van der Waals surface area contributed by atoms with E-state index in [1.807, 2.05) is 0 Å². The zero-order valence-corrected chi connectivity index (χ0v) is 11.3. The lowest BCUT2D eigenvalue weighted by atomic mass is 10.0. The van der Waals surface area contributed by atoms with Gasteiger partial charge in [-0.1, -0.05) is 0 Å². The lowest BCUT2D eigenvalue weighted by Crippen LogP contribution is -2.44. The number of carbonyl (C=O) groups excluding carboxylic acids is 1. The Labute approximate surface area is 120 Å². The number of hydrogen-bond acceptors (Lipinski definition) is 4. The summed E-state index contributed by atoms with van der Waals surface area (Å²) >= 11 is 0. The number of carboxylic acid groups (broad SMARTS) is 1. The zero-order chi connectivity index (χ0) is 15.4. The number of urea groups is 1. The molecule has 1 aromatic carbocycles. The Morgan fingerprint density at radius 3 is 2.81 bits per heavy atom. The van der Waals surface area contributed by atoms with Crippen molar-refractivity contribution in [3.63, 3.8) is 0 Å². The Kier molecular flexibility index (Phi) is 4.59. The minimum atomic E-state index is -1.03. The van der Waals surface area contributed by atoms with Crippen LogP contribution >= 0.6 is 0 Å². The van der Waals surface area contributed by atoms with Crippen LogP contribution in [0.4, 0.5) is 14.9 Å². The Bertz CT molecular complexity index is 551. The van der Waals surface area contributed by atoms with E-state index in [4.69, 9.17) is 14.6 Å². The van der Waals surface area contributed by atoms with Crippen LogP contribution in [0.1, 0.15) is 0 Å². The maximum Gasteiger partial charge on any atom is 0.319 e. The first-order chi connectivity index (χ1) is 10.0. The summed E-state index contributed by atoms with van der Waals surface area (Å²) in [5.74, 6) is -2.37. The predicted octanol–water partition coefficient (Wildman–Crippen LogP) is 1.06. The number of benzene rings is 1. The molecular formula is C13H15FN2O5. The number of carbonyl (C=O) groups is 2. The number of aliphatic carboxylic acids is 1. The second-order valence-electron chi connectivity index (χ2n) is 4.54. The monoisotopic (exact) mass is 298 g/mol. The molecule has 3 N–H and O–H groups in total. The van der Waals surface area contributed by atoms with Crippen LogP contribution in [0.5, 0.6) is 5.75 Å². The Hall–Kier alpha value is -2.35. The molecule has 2 atom stereocenters. The molecule has 1 heterocycles. The Balaban J connectivity index is 1.95. The molecule has 1 fully saturated rings. The predicted molar refractivity (Wildman–Crippen MR) is 70.8 cm³/mol. The van der Waals surface area contributed by atoms with Gasteiger partial charge in [0.25, 0.3) is 0 Å². The number of ether oxygens (including phenoxy) is 2. The molecule has 1 aliphatic heterocycles. The normalized spacial score (nSPS) is 20.9. The molecule has 0 spiro atoms. The smallest absolute Gasteiger partial charge is 0.319 e. The highest BCUT2D eigenvalue weighted by atomic mass is 19.1. The summed E-state index contributed by atoms with van der Waals surface area (Å²) in [5, 5.41) is 13.9. The van der Waals surface area contributed by atoms with Crippen molar-refractivity contribution in [1.82, 2.24) is 5.32 Å². The van der Waals surface area contributed by atoms with Gasteiger partial charge in [-0.3, -0.25) is 4.79 Å². The van der Waals surface area contributed by atoms with Gasteiger partial charge in [0.15, 0.2) is 11.6 Å². The van der Waals surface area contributed by atoms with E-state index in [1.54, 1.807) is 0 Å². The maximum atomic E-state index is 13.5. The van der Waals surface area contributed by atoms with Crippen molar-refractivity contribution in [2.24, 2.45) is 5.92 Å². The van der Waals surface area contributed by atoms with Crippen molar-refractivity contribution >= 4 is 17.7 Å². The van der Waals surface area contributed by atoms with Gasteiger partial charge in [0.2, 0.25) is 0 Å². The summed E-state index contributed by atoms with van der Waals surface area (Å²) in [4.78, 5) is 22.7. The van der Waals surface area contributed by atoms with Crippen LogP contribution in [0.25, 0.3) is 0 Å². The second-order valence-corrected chi connectivity index (χ2v) is 4.54. The van der Waals surface area contributed by atoms with Gasteiger partial charge in [0, 0.05) is 11.8 Å². The molecule has 2 rings (SSSR count). The van der Waals surface area contributed by atoms with Crippen LogP contribution in [0.15, 0.2) is 18.2 Å². The molecule has 7 nitrogen and oxygen atoms in total. The third kappa shape index (κ3) is 3.60. The molecule has 0 bridgehead atoms. The average Bonchev–Trinajstić information content (AvgIpc) is 2.87. The fourth-order valence-electron chi connectivity index (χ4n) is 2.02. The van der Waals surface area contributed by atoms with Crippen molar-refractivity contribution in [3.8, 4) is 5.75 Å². The number of halogens is 1. The molecule has 1 aromatic rings. The molecule has 2 amide bonds. The minimum Gasteiger partial charge on any atom is -0.494 e. The van der Waals surface area contributed by atoms with Gasteiger partial charge in [-0.15, -0.1) is 0 Å². The fraction of sp³-hybridized carbons (Fsp3) is 0.385. The summed E-state index contributed by atoms with van der Waals surface area (Å²) in [5.41, 5.74) is 0.233. The summed E-state index contributed by atoms with van der Waals surface area (Å²) in [7, 11) is 1.34. The number of anilines is 1. The van der Waals surface area contributed by atoms with E-state index < -0.39 is 29.8 Å². The van der Waals surface area contributed by atoms with E-state index in [9.17, 15) is 14.0 Å². The van der Waals surface area contributed by atoms with Gasteiger partial charge < -0.3 is 25.2 Å². The van der Waals surface area contributed by atoms with E-state index in [-0.39, 0.29) is 24.7 Å². The highest BCUT2D eigenvalue weighted by molar-refractivity contribution is 5.90. The summed E-state index contributed by atoms with van der Waals surface area (Å²) in [6.45, 7) is 0.179. The van der Waals surface area contributed by atoms with Gasteiger partial charge in [-0.05, 0) is 12.1 Å². The third-order valence-electron chi connectivity index (χ3n) is 3.12. The van der Waals surface area contributed by atoms with Crippen LogP contribution in [-0.4, -0.2) is 43.5 Å². The first kappa shape index (κ1) is 15.0. The highest BCUT2D eigenvalue weighted by Gasteiger charge is 2.35. The molecule has 8 heteroatoms. The largest absolute Gasteiger partial charge is 0.494 e.